The second-order valence-corrected chi connectivity index (χ2v) is 6.05. The summed E-state index contributed by atoms with van der Waals surface area (Å²) in [6.45, 7) is 4.56. The third kappa shape index (κ3) is 4.12. The highest BCUT2D eigenvalue weighted by molar-refractivity contribution is 5.94. The van der Waals surface area contributed by atoms with Crippen molar-refractivity contribution in [2.24, 2.45) is 0 Å². The van der Waals surface area contributed by atoms with Crippen molar-refractivity contribution >= 4 is 5.91 Å². The van der Waals surface area contributed by atoms with E-state index in [0.717, 1.165) is 23.5 Å². The van der Waals surface area contributed by atoms with Gasteiger partial charge in [0.25, 0.3) is 5.91 Å². The van der Waals surface area contributed by atoms with Gasteiger partial charge in [0.2, 0.25) is 0 Å². The highest BCUT2D eigenvalue weighted by Crippen LogP contribution is 2.14. The Kier molecular flexibility index (Phi) is 4.93. The van der Waals surface area contributed by atoms with Crippen LogP contribution < -0.4 is 5.32 Å². The number of nitrogens with zero attached hydrogens (tertiary/aromatic N) is 2. The first-order valence-corrected chi connectivity index (χ1v) is 8.16. The predicted octanol–water partition coefficient (Wildman–Crippen LogP) is 3.87. The Morgan fingerprint density at radius 2 is 1.84 bits per heavy atom. The Bertz CT molecular complexity index is 853. The predicted molar refractivity (Wildman–Crippen MR) is 94.8 cm³/mol. The monoisotopic (exact) mass is 337 g/mol. The van der Waals surface area contributed by atoms with Gasteiger partial charge in [-0.15, -0.1) is 0 Å². The molecule has 0 unspecified atom stereocenters. The quantitative estimate of drug-likeness (QED) is 0.768. The molecule has 0 spiro atoms. The zero-order chi connectivity index (χ0) is 17.8. The smallest absolute Gasteiger partial charge is 0.251 e. The highest BCUT2D eigenvalue weighted by atomic mass is 19.1. The Labute approximate surface area is 146 Å². The molecule has 4 nitrogen and oxygen atoms in total. The second-order valence-electron chi connectivity index (χ2n) is 6.05. The van der Waals surface area contributed by atoms with Gasteiger partial charge in [0.05, 0.1) is 6.04 Å². The van der Waals surface area contributed by atoms with Crippen LogP contribution in [0.15, 0.2) is 60.9 Å². The molecule has 1 heterocycles. The van der Waals surface area contributed by atoms with Crippen molar-refractivity contribution in [1.29, 1.82) is 0 Å². The third-order valence-electron chi connectivity index (χ3n) is 4.21. The van der Waals surface area contributed by atoms with Crippen molar-refractivity contribution in [3.05, 3.63) is 89.3 Å². The minimum Gasteiger partial charge on any atom is -0.346 e. The Morgan fingerprint density at radius 1 is 1.16 bits per heavy atom. The number of hydrogen-bond donors (Lipinski definition) is 1. The van der Waals surface area contributed by atoms with E-state index in [1.807, 2.05) is 48.9 Å². The summed E-state index contributed by atoms with van der Waals surface area (Å²) in [5.41, 5.74) is 2.56. The summed E-state index contributed by atoms with van der Waals surface area (Å²) >= 11 is 0. The zero-order valence-electron chi connectivity index (χ0n) is 14.2. The van der Waals surface area contributed by atoms with Crippen LogP contribution in [0, 0.1) is 12.7 Å². The van der Waals surface area contributed by atoms with Crippen LogP contribution in [-0.4, -0.2) is 15.5 Å². The molecule has 5 heteroatoms. The molecule has 0 bridgehead atoms. The minimum atomic E-state index is -0.286. The van der Waals surface area contributed by atoms with Gasteiger partial charge < -0.3 is 9.88 Å². The summed E-state index contributed by atoms with van der Waals surface area (Å²) in [6, 6.07) is 13.5. The molecule has 1 aromatic heterocycles. The van der Waals surface area contributed by atoms with E-state index < -0.39 is 0 Å². The molecule has 0 saturated heterocycles. The summed E-state index contributed by atoms with van der Waals surface area (Å²) in [5, 5.41) is 2.93. The van der Waals surface area contributed by atoms with Crippen molar-refractivity contribution in [3.8, 4) is 0 Å². The van der Waals surface area contributed by atoms with Gasteiger partial charge in [-0.1, -0.05) is 24.3 Å². The first-order chi connectivity index (χ1) is 12.0. The minimum absolute atomic E-state index is 0.151. The fraction of sp³-hybridized carbons (Fsp3) is 0.200. The average Bonchev–Trinajstić information content (AvgIpc) is 3.01. The SMILES string of the molecule is Cc1nccn1Cc1ccc(C(=O)N[C@@H](C)c2ccc(F)cc2)cc1. The van der Waals surface area contributed by atoms with Gasteiger partial charge in [-0.2, -0.15) is 0 Å². The molecule has 3 aromatic rings. The first-order valence-electron chi connectivity index (χ1n) is 8.16. The highest BCUT2D eigenvalue weighted by Gasteiger charge is 2.11. The topological polar surface area (TPSA) is 46.9 Å². The molecule has 1 N–H and O–H groups in total. The summed E-state index contributed by atoms with van der Waals surface area (Å²) in [6.07, 6.45) is 3.70. The Hall–Kier alpha value is -2.95. The maximum atomic E-state index is 13.0. The van der Waals surface area contributed by atoms with Gasteiger partial charge in [-0.05, 0) is 49.2 Å². The first kappa shape index (κ1) is 16.9. The standard InChI is InChI=1S/C20H20FN3O/c1-14(17-7-9-19(21)10-8-17)23-20(25)18-5-3-16(4-6-18)13-24-12-11-22-15(24)2/h3-12,14H,13H2,1-2H3,(H,23,25)/t14-/m0/s1. The maximum absolute atomic E-state index is 13.0. The van der Waals surface area contributed by atoms with Gasteiger partial charge in [-0.3, -0.25) is 4.79 Å². The van der Waals surface area contributed by atoms with E-state index >= 15 is 0 Å². The molecule has 0 saturated carbocycles. The molecule has 2 aromatic carbocycles. The molecule has 1 atom stereocenters. The largest absolute Gasteiger partial charge is 0.346 e. The van der Waals surface area contributed by atoms with Crippen LogP contribution in [-0.2, 0) is 6.54 Å². The van der Waals surface area contributed by atoms with E-state index in [2.05, 4.69) is 10.3 Å². The van der Waals surface area contributed by atoms with Gasteiger partial charge in [0.1, 0.15) is 11.6 Å². The van der Waals surface area contributed by atoms with Crippen molar-refractivity contribution < 1.29 is 9.18 Å². The molecule has 1 amide bonds. The fourth-order valence-electron chi connectivity index (χ4n) is 2.64. The number of carbonyl (C=O) groups excluding carboxylic acids is 1. The molecule has 0 radical (unpaired) electrons. The van der Waals surface area contributed by atoms with E-state index in [9.17, 15) is 9.18 Å². The normalized spacial score (nSPS) is 12.0. The second kappa shape index (κ2) is 7.30. The number of aryl methyl sites for hydroxylation is 1. The van der Waals surface area contributed by atoms with E-state index in [-0.39, 0.29) is 17.8 Å². The van der Waals surface area contributed by atoms with Gasteiger partial charge in [0.15, 0.2) is 0 Å². The molecule has 0 aliphatic rings. The van der Waals surface area contributed by atoms with Crippen LogP contribution in [0.5, 0.6) is 0 Å². The van der Waals surface area contributed by atoms with E-state index in [4.69, 9.17) is 0 Å². The van der Waals surface area contributed by atoms with Crippen LogP contribution in [0.25, 0.3) is 0 Å². The van der Waals surface area contributed by atoms with Gasteiger partial charge in [0, 0.05) is 24.5 Å². The van der Waals surface area contributed by atoms with Crippen LogP contribution in [0.2, 0.25) is 0 Å². The summed E-state index contributed by atoms with van der Waals surface area (Å²) < 4.78 is 15.0. The molecule has 3 rings (SSSR count). The van der Waals surface area contributed by atoms with Crippen LogP contribution in [0.3, 0.4) is 0 Å². The number of rotatable bonds is 5. The molecular formula is C20H20FN3O. The lowest BCUT2D eigenvalue weighted by molar-refractivity contribution is 0.0940. The molecular weight excluding hydrogens is 317 g/mol. The lowest BCUT2D eigenvalue weighted by Crippen LogP contribution is -2.26. The number of aromatic nitrogens is 2. The van der Waals surface area contributed by atoms with Crippen LogP contribution in [0.4, 0.5) is 4.39 Å². The summed E-state index contributed by atoms with van der Waals surface area (Å²) in [5.74, 6) is 0.517. The molecule has 25 heavy (non-hydrogen) atoms. The van der Waals surface area contributed by atoms with E-state index in [0.29, 0.717) is 5.56 Å². The number of nitrogens with one attached hydrogen (secondary N) is 1. The number of amides is 1. The van der Waals surface area contributed by atoms with Crippen molar-refractivity contribution in [2.75, 3.05) is 0 Å². The average molecular weight is 337 g/mol. The van der Waals surface area contributed by atoms with Crippen molar-refractivity contribution in [1.82, 2.24) is 14.9 Å². The molecule has 0 aliphatic heterocycles. The molecule has 0 fully saturated rings. The number of halogens is 1. The number of imidazole rings is 1. The van der Waals surface area contributed by atoms with E-state index in [1.54, 1.807) is 18.3 Å². The lowest BCUT2D eigenvalue weighted by Gasteiger charge is -2.14. The molecule has 0 aliphatic carbocycles. The van der Waals surface area contributed by atoms with Crippen LogP contribution >= 0.6 is 0 Å². The van der Waals surface area contributed by atoms with Gasteiger partial charge in [-0.25, -0.2) is 9.37 Å². The maximum Gasteiger partial charge on any atom is 0.251 e. The number of carbonyl (C=O) groups is 1. The number of hydrogen-bond acceptors (Lipinski definition) is 2. The fourth-order valence-corrected chi connectivity index (χ4v) is 2.64. The molecule has 128 valence electrons. The summed E-state index contributed by atoms with van der Waals surface area (Å²) in [4.78, 5) is 16.6. The van der Waals surface area contributed by atoms with Gasteiger partial charge >= 0.3 is 0 Å². The van der Waals surface area contributed by atoms with Crippen molar-refractivity contribution in [3.63, 3.8) is 0 Å². The summed E-state index contributed by atoms with van der Waals surface area (Å²) in [7, 11) is 0. The van der Waals surface area contributed by atoms with E-state index in [1.165, 1.54) is 12.1 Å². The lowest BCUT2D eigenvalue weighted by atomic mass is 10.1. The zero-order valence-corrected chi connectivity index (χ0v) is 14.2. The Morgan fingerprint density at radius 3 is 2.44 bits per heavy atom. The Balaban J connectivity index is 1.64. The van der Waals surface area contributed by atoms with Crippen molar-refractivity contribution in [2.45, 2.75) is 26.4 Å². The third-order valence-corrected chi connectivity index (χ3v) is 4.21. The number of benzene rings is 2. The van der Waals surface area contributed by atoms with Crippen LogP contribution in [0.1, 0.15) is 40.3 Å².